The van der Waals surface area contributed by atoms with Gasteiger partial charge in [0, 0.05) is 12.3 Å². The highest BCUT2D eigenvalue weighted by Crippen LogP contribution is 2.45. The molecule has 0 amide bonds. The van der Waals surface area contributed by atoms with Crippen LogP contribution < -0.4 is 4.90 Å². The lowest BCUT2D eigenvalue weighted by Gasteiger charge is -2.46. The van der Waals surface area contributed by atoms with Crippen molar-refractivity contribution in [2.45, 2.75) is 45.8 Å². The third kappa shape index (κ3) is 3.57. The van der Waals surface area contributed by atoms with Crippen LogP contribution in [0.3, 0.4) is 0 Å². The van der Waals surface area contributed by atoms with Crippen molar-refractivity contribution in [2.75, 3.05) is 18.4 Å². The van der Waals surface area contributed by atoms with E-state index in [0.717, 1.165) is 19.3 Å². The number of hydrogen-bond acceptors (Lipinski definition) is 5. The predicted octanol–water partition coefficient (Wildman–Crippen LogP) is 4.25. The monoisotopic (exact) mass is 339 g/mol. The van der Waals surface area contributed by atoms with Gasteiger partial charge in [0.25, 0.3) is 0 Å². The third-order valence-corrected chi connectivity index (χ3v) is 4.98. The summed E-state index contributed by atoms with van der Waals surface area (Å²) < 4.78 is 13.9. The molecule has 3 rings (SSSR count). The average molecular weight is 339 g/mol. The van der Waals surface area contributed by atoms with Gasteiger partial charge in [-0.2, -0.15) is 9.78 Å². The standard InChI is InChI=1S/C18H26FNO4/c1-13(2)15-9-8-14(3)10-18(15)23-21-11-20(12-22-24-18)17-7-5-4-6-16(17)19/h4-7,13-15H,8-12H2,1-3H3/t14-,15+/m1/s1. The minimum absolute atomic E-state index is 0.0746. The molecule has 6 heteroatoms. The second kappa shape index (κ2) is 7.35. The lowest BCUT2D eigenvalue weighted by molar-refractivity contribution is -0.542. The molecule has 1 aliphatic heterocycles. The van der Waals surface area contributed by atoms with Gasteiger partial charge in [-0.1, -0.05) is 39.3 Å². The number of anilines is 1. The number of rotatable bonds is 2. The number of benzene rings is 1. The highest BCUT2D eigenvalue weighted by atomic mass is 19.1. The topological polar surface area (TPSA) is 40.2 Å². The van der Waals surface area contributed by atoms with Crippen molar-refractivity contribution in [1.29, 1.82) is 0 Å². The van der Waals surface area contributed by atoms with E-state index >= 15 is 0 Å². The highest BCUT2D eigenvalue weighted by molar-refractivity contribution is 5.46. The van der Waals surface area contributed by atoms with Crippen LogP contribution in [0, 0.1) is 23.6 Å². The van der Waals surface area contributed by atoms with Crippen molar-refractivity contribution in [2.24, 2.45) is 17.8 Å². The van der Waals surface area contributed by atoms with Crippen molar-refractivity contribution in [3.05, 3.63) is 30.1 Å². The Morgan fingerprint density at radius 3 is 2.42 bits per heavy atom. The molecular weight excluding hydrogens is 313 g/mol. The highest BCUT2D eigenvalue weighted by Gasteiger charge is 2.50. The van der Waals surface area contributed by atoms with Gasteiger partial charge >= 0.3 is 0 Å². The molecule has 1 aliphatic carbocycles. The number of hydrogen-bond donors (Lipinski definition) is 0. The fourth-order valence-electron chi connectivity index (χ4n) is 3.73. The molecule has 2 aliphatic rings. The Balaban J connectivity index is 1.72. The molecule has 1 aromatic carbocycles. The van der Waals surface area contributed by atoms with Gasteiger partial charge in [0.05, 0.1) is 5.69 Å². The van der Waals surface area contributed by atoms with Crippen LogP contribution in [0.1, 0.15) is 40.0 Å². The largest absolute Gasteiger partial charge is 0.317 e. The summed E-state index contributed by atoms with van der Waals surface area (Å²) in [5.41, 5.74) is 0.387. The van der Waals surface area contributed by atoms with Crippen molar-refractivity contribution in [1.82, 2.24) is 0 Å². The zero-order valence-corrected chi connectivity index (χ0v) is 14.5. The zero-order valence-electron chi connectivity index (χ0n) is 14.5. The molecule has 1 saturated carbocycles. The van der Waals surface area contributed by atoms with Crippen molar-refractivity contribution in [3.8, 4) is 0 Å². The average Bonchev–Trinajstić information content (AvgIpc) is 2.51. The zero-order chi connectivity index (χ0) is 17.2. The molecule has 1 aromatic rings. The Bertz CT molecular complexity index is 544. The summed E-state index contributed by atoms with van der Waals surface area (Å²) >= 11 is 0. The first-order chi connectivity index (χ1) is 11.5. The first-order valence-corrected chi connectivity index (χ1v) is 8.62. The van der Waals surface area contributed by atoms with Crippen LogP contribution in [0.5, 0.6) is 0 Å². The van der Waals surface area contributed by atoms with Crippen LogP contribution in [0.15, 0.2) is 24.3 Å². The molecule has 1 saturated heterocycles. The normalized spacial score (nSPS) is 28.0. The van der Waals surface area contributed by atoms with Crippen LogP contribution in [-0.4, -0.2) is 19.2 Å². The van der Waals surface area contributed by atoms with Crippen molar-refractivity contribution < 1.29 is 23.9 Å². The second-order valence-corrected chi connectivity index (χ2v) is 7.20. The first-order valence-electron chi connectivity index (χ1n) is 8.62. The third-order valence-electron chi connectivity index (χ3n) is 4.98. The van der Waals surface area contributed by atoms with Gasteiger partial charge < -0.3 is 4.90 Å². The van der Waals surface area contributed by atoms with Gasteiger partial charge in [-0.05, 0) is 30.4 Å². The predicted molar refractivity (Wildman–Crippen MR) is 87.0 cm³/mol. The number of nitrogens with zero attached hydrogens (tertiary/aromatic N) is 1. The molecule has 0 aromatic heterocycles. The van der Waals surface area contributed by atoms with Crippen LogP contribution in [-0.2, 0) is 19.6 Å². The van der Waals surface area contributed by atoms with Gasteiger partial charge in [0.2, 0.25) is 5.79 Å². The van der Waals surface area contributed by atoms with E-state index in [1.165, 1.54) is 6.07 Å². The van der Waals surface area contributed by atoms with Crippen molar-refractivity contribution in [3.63, 3.8) is 0 Å². The maximum atomic E-state index is 13.9. The summed E-state index contributed by atoms with van der Waals surface area (Å²) in [6.45, 7) is 6.63. The molecule has 0 N–H and O–H groups in total. The molecule has 1 spiro atoms. The van der Waals surface area contributed by atoms with Gasteiger partial charge in [-0.25, -0.2) is 14.2 Å². The summed E-state index contributed by atoms with van der Waals surface area (Å²) in [7, 11) is 0. The Morgan fingerprint density at radius 1 is 1.12 bits per heavy atom. The number of halogens is 1. The Labute approximate surface area is 142 Å². The molecule has 0 radical (unpaired) electrons. The number of para-hydroxylation sites is 1. The van der Waals surface area contributed by atoms with Crippen LogP contribution in [0.4, 0.5) is 10.1 Å². The maximum Gasteiger partial charge on any atom is 0.237 e. The van der Waals surface area contributed by atoms with Gasteiger partial charge in [-0.3, -0.25) is 0 Å². The molecule has 2 fully saturated rings. The molecule has 1 heterocycles. The molecule has 134 valence electrons. The SMILES string of the molecule is CC(C)[C@@H]1CC[C@@H](C)CC12OOCN(c1ccccc1F)COO2. The second-order valence-electron chi connectivity index (χ2n) is 7.20. The van der Waals surface area contributed by atoms with E-state index in [-0.39, 0.29) is 25.2 Å². The van der Waals surface area contributed by atoms with E-state index in [4.69, 9.17) is 19.6 Å². The van der Waals surface area contributed by atoms with Gasteiger partial charge in [0.15, 0.2) is 13.5 Å². The lowest BCUT2D eigenvalue weighted by atomic mass is 9.73. The fraction of sp³-hybridized carbons (Fsp3) is 0.667. The molecule has 24 heavy (non-hydrogen) atoms. The molecular formula is C18H26FNO4. The van der Waals surface area contributed by atoms with Crippen molar-refractivity contribution >= 4 is 5.69 Å². The molecule has 2 atom stereocenters. The molecule has 0 unspecified atom stereocenters. The van der Waals surface area contributed by atoms with Crippen LogP contribution in [0.2, 0.25) is 0 Å². The summed E-state index contributed by atoms with van der Waals surface area (Å²) in [4.78, 5) is 24.0. The van der Waals surface area contributed by atoms with E-state index in [1.807, 2.05) is 0 Å². The van der Waals surface area contributed by atoms with E-state index in [1.54, 1.807) is 23.1 Å². The molecule has 5 nitrogen and oxygen atoms in total. The Kier molecular flexibility index (Phi) is 5.39. The van der Waals surface area contributed by atoms with E-state index in [0.29, 0.717) is 17.5 Å². The van der Waals surface area contributed by atoms with Gasteiger partial charge in [0.1, 0.15) is 5.82 Å². The minimum atomic E-state index is -0.896. The lowest BCUT2D eigenvalue weighted by Crippen LogP contribution is -2.52. The minimum Gasteiger partial charge on any atom is -0.317 e. The van der Waals surface area contributed by atoms with E-state index in [9.17, 15) is 4.39 Å². The van der Waals surface area contributed by atoms with E-state index < -0.39 is 5.79 Å². The Hall–Kier alpha value is -1.21. The van der Waals surface area contributed by atoms with Crippen LogP contribution in [0.25, 0.3) is 0 Å². The summed E-state index contributed by atoms with van der Waals surface area (Å²) in [6.07, 6.45) is 2.86. The Morgan fingerprint density at radius 2 is 1.79 bits per heavy atom. The fourth-order valence-corrected chi connectivity index (χ4v) is 3.73. The summed E-state index contributed by atoms with van der Waals surface area (Å²) in [6, 6.07) is 6.47. The van der Waals surface area contributed by atoms with Crippen LogP contribution >= 0.6 is 0 Å². The van der Waals surface area contributed by atoms with E-state index in [2.05, 4.69) is 20.8 Å². The van der Waals surface area contributed by atoms with Gasteiger partial charge in [-0.15, -0.1) is 0 Å². The molecule has 0 bridgehead atoms. The quantitative estimate of drug-likeness (QED) is 0.754. The maximum absolute atomic E-state index is 13.9. The smallest absolute Gasteiger partial charge is 0.237 e. The summed E-state index contributed by atoms with van der Waals surface area (Å²) in [5.74, 6) is -0.200. The first kappa shape index (κ1) is 17.6. The summed E-state index contributed by atoms with van der Waals surface area (Å²) in [5, 5.41) is 0.